The van der Waals surface area contributed by atoms with Crippen molar-refractivity contribution < 1.29 is 27.5 Å². The molecule has 1 aromatic rings. The van der Waals surface area contributed by atoms with E-state index < -0.39 is 10.0 Å². The van der Waals surface area contributed by atoms with Gasteiger partial charge in [0.1, 0.15) is 5.75 Å². The van der Waals surface area contributed by atoms with Crippen molar-refractivity contribution in [2.45, 2.75) is 17.7 Å². The average molecular weight is 354 g/mol. The van der Waals surface area contributed by atoms with Gasteiger partial charge in [-0.3, -0.25) is 9.59 Å². The van der Waals surface area contributed by atoms with Crippen LogP contribution in [0, 0.1) is 0 Å². The Morgan fingerprint density at radius 2 is 1.71 bits per heavy atom. The van der Waals surface area contributed by atoms with E-state index in [-0.39, 0.29) is 54.1 Å². The molecule has 0 aliphatic carbocycles. The molecule has 1 aromatic carbocycles. The van der Waals surface area contributed by atoms with Crippen molar-refractivity contribution in [3.05, 3.63) is 18.2 Å². The van der Waals surface area contributed by atoms with E-state index in [0.29, 0.717) is 13.2 Å². The Bertz CT molecular complexity index is 754. The summed E-state index contributed by atoms with van der Waals surface area (Å²) in [5.74, 6) is -0.446. The third kappa shape index (κ3) is 2.90. The molecule has 2 amide bonds. The fraction of sp³-hybridized carbons (Fsp3) is 0.467. The van der Waals surface area contributed by atoms with Gasteiger partial charge in [-0.15, -0.1) is 0 Å². The topological polar surface area (TPSA) is 93.2 Å². The molecule has 2 fully saturated rings. The van der Waals surface area contributed by atoms with Crippen LogP contribution in [0.25, 0.3) is 0 Å². The highest BCUT2D eigenvalue weighted by Gasteiger charge is 2.34. The highest BCUT2D eigenvalue weighted by molar-refractivity contribution is 7.89. The second-order valence-corrected chi connectivity index (χ2v) is 7.41. The third-order valence-corrected chi connectivity index (χ3v) is 5.95. The number of rotatable bonds is 4. The van der Waals surface area contributed by atoms with Gasteiger partial charge in [0.2, 0.25) is 21.8 Å². The SMILES string of the molecule is COc1ccc(S(=O)(=O)N2CCOCC2)cc1N1C(=O)CCC1=O. The number of carbonyl (C=O) groups excluding carboxylic acids is 2. The van der Waals surface area contributed by atoms with E-state index in [1.165, 1.54) is 29.6 Å². The number of benzene rings is 1. The van der Waals surface area contributed by atoms with Crippen LogP contribution in [0.1, 0.15) is 12.8 Å². The van der Waals surface area contributed by atoms with Gasteiger partial charge in [-0.2, -0.15) is 4.31 Å². The van der Waals surface area contributed by atoms with E-state index in [1.54, 1.807) is 0 Å². The van der Waals surface area contributed by atoms with Crippen LogP contribution in [0.5, 0.6) is 5.75 Å². The predicted molar refractivity (Wildman–Crippen MR) is 84.3 cm³/mol. The summed E-state index contributed by atoms with van der Waals surface area (Å²) in [5.41, 5.74) is 0.166. The summed E-state index contributed by atoms with van der Waals surface area (Å²) in [5, 5.41) is 0. The number of imide groups is 1. The van der Waals surface area contributed by atoms with Crippen LogP contribution in [-0.2, 0) is 24.3 Å². The molecular formula is C15H18N2O6S. The molecule has 2 saturated heterocycles. The number of nitrogens with zero attached hydrogens (tertiary/aromatic N) is 2. The number of morpholine rings is 1. The zero-order chi connectivity index (χ0) is 17.3. The van der Waals surface area contributed by atoms with E-state index in [9.17, 15) is 18.0 Å². The van der Waals surface area contributed by atoms with Crippen LogP contribution in [0.4, 0.5) is 5.69 Å². The smallest absolute Gasteiger partial charge is 0.243 e. The van der Waals surface area contributed by atoms with Gasteiger partial charge in [0.25, 0.3) is 0 Å². The molecule has 0 N–H and O–H groups in total. The molecule has 0 spiro atoms. The van der Waals surface area contributed by atoms with Crippen molar-refractivity contribution in [3.63, 3.8) is 0 Å². The summed E-state index contributed by atoms with van der Waals surface area (Å²) in [4.78, 5) is 25.0. The number of amides is 2. The summed E-state index contributed by atoms with van der Waals surface area (Å²) < 4.78 is 37.2. The van der Waals surface area contributed by atoms with Crippen molar-refractivity contribution in [2.24, 2.45) is 0 Å². The quantitative estimate of drug-likeness (QED) is 0.725. The molecule has 0 bridgehead atoms. The first kappa shape index (κ1) is 16.9. The Kier molecular flexibility index (Phi) is 4.57. The minimum atomic E-state index is -3.73. The number of carbonyl (C=O) groups is 2. The minimum absolute atomic E-state index is 0.0210. The predicted octanol–water partition coefficient (Wildman–Crippen LogP) is 0.369. The maximum absolute atomic E-state index is 12.8. The van der Waals surface area contributed by atoms with Crippen LogP contribution < -0.4 is 9.64 Å². The van der Waals surface area contributed by atoms with Gasteiger partial charge < -0.3 is 9.47 Å². The van der Waals surface area contributed by atoms with Crippen LogP contribution in [0.3, 0.4) is 0 Å². The molecule has 0 unspecified atom stereocenters. The Balaban J connectivity index is 2.03. The van der Waals surface area contributed by atoms with Crippen LogP contribution in [-0.4, -0.2) is 58.0 Å². The highest BCUT2D eigenvalue weighted by atomic mass is 32.2. The molecule has 2 aliphatic heterocycles. The molecule has 0 atom stereocenters. The number of hydrogen-bond acceptors (Lipinski definition) is 6. The average Bonchev–Trinajstić information content (AvgIpc) is 2.93. The maximum Gasteiger partial charge on any atom is 0.243 e. The van der Waals surface area contributed by atoms with Crippen molar-refractivity contribution in [2.75, 3.05) is 38.3 Å². The fourth-order valence-corrected chi connectivity index (χ4v) is 4.21. The first-order valence-corrected chi connectivity index (χ1v) is 9.01. The van der Waals surface area contributed by atoms with Crippen molar-refractivity contribution in [1.82, 2.24) is 4.31 Å². The number of methoxy groups -OCH3 is 1. The van der Waals surface area contributed by atoms with Gasteiger partial charge in [0.15, 0.2) is 0 Å². The van der Waals surface area contributed by atoms with Gasteiger partial charge in [0.05, 0.1) is 30.9 Å². The molecule has 130 valence electrons. The van der Waals surface area contributed by atoms with Crippen LogP contribution in [0.2, 0.25) is 0 Å². The number of ether oxygens (including phenoxy) is 2. The molecule has 3 rings (SSSR count). The molecule has 0 saturated carbocycles. The van der Waals surface area contributed by atoms with Crippen molar-refractivity contribution >= 4 is 27.5 Å². The lowest BCUT2D eigenvalue weighted by Gasteiger charge is -2.26. The maximum atomic E-state index is 12.8. The lowest BCUT2D eigenvalue weighted by molar-refractivity contribution is -0.121. The van der Waals surface area contributed by atoms with Crippen molar-refractivity contribution in [3.8, 4) is 5.75 Å². The Morgan fingerprint density at radius 1 is 1.08 bits per heavy atom. The van der Waals surface area contributed by atoms with Gasteiger partial charge in [-0.05, 0) is 18.2 Å². The van der Waals surface area contributed by atoms with Gasteiger partial charge in [0, 0.05) is 25.9 Å². The second-order valence-electron chi connectivity index (χ2n) is 5.47. The standard InChI is InChI=1S/C15H18N2O6S/c1-22-13-3-2-11(24(20,21)16-6-8-23-9-7-16)10-12(13)17-14(18)4-5-15(17)19/h2-3,10H,4-9H2,1H3. The Hall–Kier alpha value is -1.97. The molecule has 2 aliphatic rings. The normalized spacial score (nSPS) is 19.8. The zero-order valence-corrected chi connectivity index (χ0v) is 14.0. The van der Waals surface area contributed by atoms with E-state index in [1.807, 2.05) is 0 Å². The third-order valence-electron chi connectivity index (χ3n) is 4.05. The number of hydrogen-bond donors (Lipinski definition) is 0. The van der Waals surface area contributed by atoms with E-state index in [4.69, 9.17) is 9.47 Å². The lowest BCUT2D eigenvalue weighted by Crippen LogP contribution is -2.40. The summed E-state index contributed by atoms with van der Waals surface area (Å²) in [6.45, 7) is 1.22. The van der Waals surface area contributed by atoms with Gasteiger partial charge in [-0.25, -0.2) is 13.3 Å². The Morgan fingerprint density at radius 3 is 2.29 bits per heavy atom. The van der Waals surface area contributed by atoms with Gasteiger partial charge in [-0.1, -0.05) is 0 Å². The first-order valence-electron chi connectivity index (χ1n) is 7.57. The van der Waals surface area contributed by atoms with E-state index in [2.05, 4.69) is 0 Å². The van der Waals surface area contributed by atoms with E-state index >= 15 is 0 Å². The van der Waals surface area contributed by atoms with Crippen LogP contribution in [0.15, 0.2) is 23.1 Å². The molecule has 0 radical (unpaired) electrons. The summed E-state index contributed by atoms with van der Waals surface area (Å²) in [7, 11) is -2.32. The molecule has 0 aromatic heterocycles. The first-order chi connectivity index (χ1) is 11.4. The largest absolute Gasteiger partial charge is 0.495 e. The van der Waals surface area contributed by atoms with Crippen molar-refractivity contribution in [1.29, 1.82) is 0 Å². The molecule has 24 heavy (non-hydrogen) atoms. The summed E-state index contributed by atoms with van der Waals surface area (Å²) in [6.07, 6.45) is 0.227. The fourth-order valence-electron chi connectivity index (χ4n) is 2.79. The molecule has 8 nitrogen and oxygen atoms in total. The summed E-state index contributed by atoms with van der Waals surface area (Å²) >= 11 is 0. The van der Waals surface area contributed by atoms with Gasteiger partial charge >= 0.3 is 0 Å². The van der Waals surface area contributed by atoms with Crippen LogP contribution >= 0.6 is 0 Å². The number of anilines is 1. The monoisotopic (exact) mass is 354 g/mol. The highest BCUT2D eigenvalue weighted by Crippen LogP contribution is 2.35. The number of sulfonamides is 1. The molecule has 2 heterocycles. The molecular weight excluding hydrogens is 336 g/mol. The summed E-state index contributed by atoms with van der Waals surface area (Å²) in [6, 6.07) is 4.20. The zero-order valence-electron chi connectivity index (χ0n) is 13.2. The minimum Gasteiger partial charge on any atom is -0.495 e. The molecule has 9 heteroatoms. The van der Waals surface area contributed by atoms with E-state index in [0.717, 1.165) is 4.90 Å². The Labute approximate surface area is 140 Å². The lowest BCUT2D eigenvalue weighted by atomic mass is 10.2. The second kappa shape index (κ2) is 6.50.